The molecule has 0 aliphatic carbocycles. The van der Waals surface area contributed by atoms with Crippen LogP contribution in [0.2, 0.25) is 5.02 Å². The fraction of sp³-hybridized carbons (Fsp3) is 0.167. The van der Waals surface area contributed by atoms with Gasteiger partial charge in [-0.15, -0.1) is 5.10 Å². The Morgan fingerprint density at radius 1 is 0.917 bits per heavy atom. The summed E-state index contributed by atoms with van der Waals surface area (Å²) >= 11 is 6.15. The lowest BCUT2D eigenvalue weighted by atomic mass is 10.0. The largest absolute Gasteiger partial charge is 0.339 e. The minimum absolute atomic E-state index is 0.384. The maximum atomic E-state index is 6.15. The molecule has 6 heteroatoms. The van der Waals surface area contributed by atoms with Gasteiger partial charge in [0, 0.05) is 5.69 Å². The summed E-state index contributed by atoms with van der Waals surface area (Å²) in [5.41, 5.74) is 2.97. The van der Waals surface area contributed by atoms with E-state index in [9.17, 15) is 0 Å². The van der Waals surface area contributed by atoms with Crippen LogP contribution in [0, 0.1) is 0 Å². The standard InChI is InChI=1S/C18H18ClN5/c1-12(2)13-7-3-5-9-15(13)21-17-11-20-24-18(23-17)22-16-10-6-4-8-14(16)19/h3-12H,1-2H3,(H2,21,22,23,24). The monoisotopic (exact) mass is 339 g/mol. The first-order valence-corrected chi connectivity index (χ1v) is 8.08. The van der Waals surface area contributed by atoms with Gasteiger partial charge in [-0.05, 0) is 29.7 Å². The average Bonchev–Trinajstić information content (AvgIpc) is 2.58. The number of hydrogen-bond donors (Lipinski definition) is 2. The van der Waals surface area contributed by atoms with E-state index in [1.165, 1.54) is 5.56 Å². The van der Waals surface area contributed by atoms with Crippen molar-refractivity contribution in [3.05, 3.63) is 65.3 Å². The number of benzene rings is 2. The van der Waals surface area contributed by atoms with E-state index in [0.29, 0.717) is 22.7 Å². The first kappa shape index (κ1) is 16.2. The number of hydrogen-bond acceptors (Lipinski definition) is 5. The molecule has 3 aromatic rings. The zero-order valence-corrected chi connectivity index (χ0v) is 14.2. The van der Waals surface area contributed by atoms with E-state index in [2.05, 4.69) is 45.7 Å². The summed E-state index contributed by atoms with van der Waals surface area (Å²) in [5, 5.41) is 15.0. The predicted octanol–water partition coefficient (Wildman–Crippen LogP) is 5.14. The van der Waals surface area contributed by atoms with Crippen LogP contribution in [0.25, 0.3) is 0 Å². The fourth-order valence-electron chi connectivity index (χ4n) is 2.35. The van der Waals surface area contributed by atoms with Crippen molar-refractivity contribution in [2.75, 3.05) is 10.6 Å². The van der Waals surface area contributed by atoms with E-state index in [1.807, 2.05) is 36.4 Å². The van der Waals surface area contributed by atoms with E-state index in [1.54, 1.807) is 12.3 Å². The Labute approximate surface area is 146 Å². The van der Waals surface area contributed by atoms with Gasteiger partial charge in [-0.3, -0.25) is 0 Å². The van der Waals surface area contributed by atoms with Gasteiger partial charge in [0.25, 0.3) is 0 Å². The average molecular weight is 340 g/mol. The smallest absolute Gasteiger partial charge is 0.249 e. The Morgan fingerprint density at radius 3 is 2.38 bits per heavy atom. The molecule has 0 saturated carbocycles. The van der Waals surface area contributed by atoms with Crippen molar-refractivity contribution in [2.45, 2.75) is 19.8 Å². The number of anilines is 4. The van der Waals surface area contributed by atoms with Crippen molar-refractivity contribution in [1.82, 2.24) is 15.2 Å². The number of halogens is 1. The molecule has 0 saturated heterocycles. The molecule has 24 heavy (non-hydrogen) atoms. The lowest BCUT2D eigenvalue weighted by Gasteiger charge is -2.14. The maximum Gasteiger partial charge on any atom is 0.249 e. The van der Waals surface area contributed by atoms with Crippen LogP contribution in [-0.4, -0.2) is 15.2 Å². The van der Waals surface area contributed by atoms with Crippen LogP contribution in [0.3, 0.4) is 0 Å². The summed E-state index contributed by atoms with van der Waals surface area (Å²) in [7, 11) is 0. The number of para-hydroxylation sites is 2. The summed E-state index contributed by atoms with van der Waals surface area (Å²) in [6.45, 7) is 4.31. The number of nitrogens with zero attached hydrogens (tertiary/aromatic N) is 3. The molecule has 0 unspecified atom stereocenters. The minimum Gasteiger partial charge on any atom is -0.339 e. The molecule has 5 nitrogen and oxygen atoms in total. The first-order valence-electron chi connectivity index (χ1n) is 7.70. The third-order valence-electron chi connectivity index (χ3n) is 3.52. The highest BCUT2D eigenvalue weighted by Gasteiger charge is 2.08. The maximum absolute atomic E-state index is 6.15. The lowest BCUT2D eigenvalue weighted by molar-refractivity contribution is 0.868. The van der Waals surface area contributed by atoms with Crippen LogP contribution < -0.4 is 10.6 Å². The van der Waals surface area contributed by atoms with Gasteiger partial charge in [-0.2, -0.15) is 10.1 Å². The zero-order valence-electron chi connectivity index (χ0n) is 13.5. The van der Waals surface area contributed by atoms with E-state index in [-0.39, 0.29) is 0 Å². The number of aromatic nitrogens is 3. The topological polar surface area (TPSA) is 62.7 Å². The van der Waals surface area contributed by atoms with Crippen LogP contribution in [0.5, 0.6) is 0 Å². The molecule has 0 aliphatic rings. The quantitative estimate of drug-likeness (QED) is 0.674. The van der Waals surface area contributed by atoms with Crippen LogP contribution in [0.15, 0.2) is 54.7 Å². The SMILES string of the molecule is CC(C)c1ccccc1Nc1cnnc(Nc2ccccc2Cl)n1. The van der Waals surface area contributed by atoms with Crippen LogP contribution in [0.1, 0.15) is 25.3 Å². The van der Waals surface area contributed by atoms with Crippen LogP contribution >= 0.6 is 11.6 Å². The second kappa shape index (κ2) is 7.27. The molecule has 2 N–H and O–H groups in total. The van der Waals surface area contributed by atoms with Gasteiger partial charge in [-0.25, -0.2) is 0 Å². The normalized spacial score (nSPS) is 10.7. The van der Waals surface area contributed by atoms with Gasteiger partial charge >= 0.3 is 0 Å². The molecule has 0 atom stereocenters. The fourth-order valence-corrected chi connectivity index (χ4v) is 2.54. The molecule has 0 spiro atoms. The Kier molecular flexibility index (Phi) is 4.91. The van der Waals surface area contributed by atoms with Gasteiger partial charge in [-0.1, -0.05) is 55.8 Å². The molecule has 0 bridgehead atoms. The Balaban J connectivity index is 1.83. The number of nitrogens with one attached hydrogen (secondary N) is 2. The highest BCUT2D eigenvalue weighted by atomic mass is 35.5. The molecule has 0 aliphatic heterocycles. The third-order valence-corrected chi connectivity index (χ3v) is 3.85. The highest BCUT2D eigenvalue weighted by Crippen LogP contribution is 2.27. The summed E-state index contributed by atoms with van der Waals surface area (Å²) < 4.78 is 0. The van der Waals surface area contributed by atoms with Crippen molar-refractivity contribution in [3.8, 4) is 0 Å². The van der Waals surface area contributed by atoms with Gasteiger partial charge in [0.2, 0.25) is 5.95 Å². The van der Waals surface area contributed by atoms with Gasteiger partial charge in [0.05, 0.1) is 16.9 Å². The molecule has 0 fully saturated rings. The van der Waals surface area contributed by atoms with Gasteiger partial charge in [0.1, 0.15) is 0 Å². The van der Waals surface area contributed by atoms with E-state index in [4.69, 9.17) is 11.6 Å². The molecule has 122 valence electrons. The molecule has 0 amide bonds. The molecule has 0 radical (unpaired) electrons. The Morgan fingerprint density at radius 2 is 1.62 bits per heavy atom. The predicted molar refractivity (Wildman–Crippen MR) is 98.4 cm³/mol. The van der Waals surface area contributed by atoms with Crippen LogP contribution in [-0.2, 0) is 0 Å². The third kappa shape index (κ3) is 3.81. The molecular formula is C18H18ClN5. The van der Waals surface area contributed by atoms with Crippen molar-refractivity contribution >= 4 is 34.7 Å². The molecular weight excluding hydrogens is 322 g/mol. The van der Waals surface area contributed by atoms with Crippen LogP contribution in [0.4, 0.5) is 23.1 Å². The minimum atomic E-state index is 0.384. The van der Waals surface area contributed by atoms with E-state index in [0.717, 1.165) is 11.4 Å². The zero-order chi connectivity index (χ0) is 16.9. The molecule has 2 aromatic carbocycles. The number of rotatable bonds is 5. The summed E-state index contributed by atoms with van der Waals surface area (Å²) in [5.74, 6) is 1.41. The molecule has 3 rings (SSSR count). The summed E-state index contributed by atoms with van der Waals surface area (Å²) in [6.07, 6.45) is 1.59. The van der Waals surface area contributed by atoms with Crippen molar-refractivity contribution < 1.29 is 0 Å². The second-order valence-corrected chi connectivity index (χ2v) is 6.04. The lowest BCUT2D eigenvalue weighted by Crippen LogP contribution is -2.04. The van der Waals surface area contributed by atoms with Gasteiger partial charge in [0.15, 0.2) is 5.82 Å². The Hall–Kier alpha value is -2.66. The molecule has 1 heterocycles. The second-order valence-electron chi connectivity index (χ2n) is 5.64. The summed E-state index contributed by atoms with van der Waals surface area (Å²) in [6, 6.07) is 15.6. The van der Waals surface area contributed by atoms with Gasteiger partial charge < -0.3 is 10.6 Å². The summed E-state index contributed by atoms with van der Waals surface area (Å²) in [4.78, 5) is 4.45. The van der Waals surface area contributed by atoms with E-state index >= 15 is 0 Å². The van der Waals surface area contributed by atoms with E-state index < -0.39 is 0 Å². The Bertz CT molecular complexity index is 835. The highest BCUT2D eigenvalue weighted by molar-refractivity contribution is 6.33. The first-order chi connectivity index (χ1) is 11.6. The van der Waals surface area contributed by atoms with Crippen molar-refractivity contribution in [2.24, 2.45) is 0 Å². The van der Waals surface area contributed by atoms with Crippen molar-refractivity contribution in [1.29, 1.82) is 0 Å². The molecule has 1 aromatic heterocycles. The van der Waals surface area contributed by atoms with Crippen molar-refractivity contribution in [3.63, 3.8) is 0 Å².